The van der Waals surface area contributed by atoms with Gasteiger partial charge in [-0.3, -0.25) is 14.4 Å². The van der Waals surface area contributed by atoms with Gasteiger partial charge in [-0.25, -0.2) is 4.98 Å². The number of rotatable bonds is 8. The van der Waals surface area contributed by atoms with E-state index < -0.39 is 24.5 Å². The Morgan fingerprint density at radius 3 is 2.60 bits per heavy atom. The smallest absolute Gasteiger partial charge is 0.322 e. The first-order valence-electron chi connectivity index (χ1n) is 9.51. The standard InChI is InChI=1S/C21H23N3O5S/c1-11(2)8-14(21-24-18(12(3)29-21)20(28)22-10-17(25)26)23-19(27)16-9-13-6-4-5-7-15(13)30-16/h4-7,9,11,14H,8,10H2,1-3H3,(H,22,28)(H,23,27)(H,25,26)/t14-/m0/s1. The number of hydrogen-bond acceptors (Lipinski definition) is 6. The normalized spacial score (nSPS) is 12.1. The molecule has 0 aliphatic carbocycles. The zero-order valence-electron chi connectivity index (χ0n) is 16.9. The number of carboxylic acids is 1. The Labute approximate surface area is 177 Å². The minimum absolute atomic E-state index is 0.0103. The maximum atomic E-state index is 12.9. The monoisotopic (exact) mass is 429 g/mol. The van der Waals surface area contributed by atoms with Gasteiger partial charge < -0.3 is 20.2 Å². The minimum atomic E-state index is -1.15. The summed E-state index contributed by atoms with van der Waals surface area (Å²) in [6, 6.07) is 9.07. The number of oxazole rings is 1. The molecular formula is C21H23N3O5S. The molecule has 1 atom stereocenters. The summed E-state index contributed by atoms with van der Waals surface area (Å²) < 4.78 is 6.69. The summed E-state index contributed by atoms with van der Waals surface area (Å²) in [7, 11) is 0. The summed E-state index contributed by atoms with van der Waals surface area (Å²) in [5, 5.41) is 15.0. The minimum Gasteiger partial charge on any atom is -0.480 e. The Kier molecular flexibility index (Phi) is 6.51. The molecule has 0 aliphatic heterocycles. The molecule has 1 aromatic carbocycles. The van der Waals surface area contributed by atoms with Crippen LogP contribution in [0.15, 0.2) is 34.7 Å². The van der Waals surface area contributed by atoms with Crippen LogP contribution < -0.4 is 10.6 Å². The number of nitrogens with zero attached hydrogens (tertiary/aromatic N) is 1. The van der Waals surface area contributed by atoms with E-state index in [1.54, 1.807) is 6.92 Å². The van der Waals surface area contributed by atoms with Crippen LogP contribution in [0.4, 0.5) is 0 Å². The van der Waals surface area contributed by atoms with E-state index in [1.165, 1.54) is 11.3 Å². The van der Waals surface area contributed by atoms with E-state index in [2.05, 4.69) is 15.6 Å². The Morgan fingerprint density at radius 1 is 1.20 bits per heavy atom. The van der Waals surface area contributed by atoms with Crippen molar-refractivity contribution in [2.45, 2.75) is 33.2 Å². The lowest BCUT2D eigenvalue weighted by Crippen LogP contribution is -2.31. The van der Waals surface area contributed by atoms with E-state index in [-0.39, 0.29) is 29.2 Å². The summed E-state index contributed by atoms with van der Waals surface area (Å²) >= 11 is 1.40. The molecule has 0 saturated carbocycles. The molecule has 2 aromatic heterocycles. The summed E-state index contributed by atoms with van der Waals surface area (Å²) in [5.41, 5.74) is 0.0103. The molecule has 0 spiro atoms. The van der Waals surface area contributed by atoms with Crippen LogP contribution >= 0.6 is 11.3 Å². The molecular weight excluding hydrogens is 406 g/mol. The Bertz CT molecular complexity index is 1050. The first kappa shape index (κ1) is 21.5. The van der Waals surface area contributed by atoms with Crippen LogP contribution in [-0.4, -0.2) is 34.4 Å². The molecule has 30 heavy (non-hydrogen) atoms. The number of carbonyl (C=O) groups is 3. The first-order chi connectivity index (χ1) is 14.2. The van der Waals surface area contributed by atoms with Gasteiger partial charge in [-0.15, -0.1) is 11.3 Å². The Hall–Kier alpha value is -3.20. The fraction of sp³-hybridized carbons (Fsp3) is 0.333. The number of carbonyl (C=O) groups excluding carboxylic acids is 2. The number of aryl methyl sites for hydroxylation is 1. The van der Waals surface area contributed by atoms with Gasteiger partial charge in [0.2, 0.25) is 5.89 Å². The molecule has 0 saturated heterocycles. The molecule has 0 bridgehead atoms. The number of amides is 2. The van der Waals surface area contributed by atoms with Gasteiger partial charge in [-0.2, -0.15) is 0 Å². The van der Waals surface area contributed by atoms with E-state index in [1.807, 2.05) is 44.2 Å². The highest BCUT2D eigenvalue weighted by Crippen LogP contribution is 2.28. The van der Waals surface area contributed by atoms with Crippen molar-refractivity contribution in [2.75, 3.05) is 6.54 Å². The number of aliphatic carboxylic acids is 1. The van der Waals surface area contributed by atoms with Crippen molar-refractivity contribution >= 4 is 39.2 Å². The Morgan fingerprint density at radius 2 is 1.93 bits per heavy atom. The lowest BCUT2D eigenvalue weighted by atomic mass is 10.0. The maximum absolute atomic E-state index is 12.9. The van der Waals surface area contributed by atoms with Gasteiger partial charge >= 0.3 is 5.97 Å². The van der Waals surface area contributed by atoms with Crippen LogP contribution in [0.1, 0.15) is 58.1 Å². The van der Waals surface area contributed by atoms with Crippen molar-refractivity contribution < 1.29 is 23.9 Å². The van der Waals surface area contributed by atoms with Gasteiger partial charge in [0.15, 0.2) is 5.69 Å². The number of thiophene rings is 1. The molecule has 3 N–H and O–H groups in total. The van der Waals surface area contributed by atoms with E-state index in [0.29, 0.717) is 11.3 Å². The van der Waals surface area contributed by atoms with Crippen LogP contribution in [0.3, 0.4) is 0 Å². The average molecular weight is 429 g/mol. The third kappa shape index (κ3) is 5.04. The molecule has 0 radical (unpaired) electrons. The number of carboxylic acid groups (broad SMARTS) is 1. The predicted molar refractivity (Wildman–Crippen MR) is 113 cm³/mol. The average Bonchev–Trinajstić information content (AvgIpc) is 3.28. The number of nitrogens with one attached hydrogen (secondary N) is 2. The van der Waals surface area contributed by atoms with Crippen LogP contribution in [0, 0.1) is 12.8 Å². The fourth-order valence-corrected chi connectivity index (χ4v) is 4.00. The van der Waals surface area contributed by atoms with Crippen LogP contribution in [0.5, 0.6) is 0 Å². The molecule has 8 nitrogen and oxygen atoms in total. The number of hydrogen-bond donors (Lipinski definition) is 3. The topological polar surface area (TPSA) is 122 Å². The molecule has 3 aromatic rings. The quantitative estimate of drug-likeness (QED) is 0.504. The molecule has 9 heteroatoms. The van der Waals surface area contributed by atoms with Gasteiger partial charge in [0, 0.05) is 4.70 Å². The molecule has 3 rings (SSSR count). The molecule has 0 unspecified atom stereocenters. The van der Waals surface area contributed by atoms with Crippen molar-refractivity contribution in [3.05, 3.63) is 52.6 Å². The highest BCUT2D eigenvalue weighted by Gasteiger charge is 2.26. The third-order valence-electron chi connectivity index (χ3n) is 4.39. The Balaban J connectivity index is 1.82. The SMILES string of the molecule is Cc1oc([C@H](CC(C)C)NC(=O)c2cc3ccccc3s2)nc1C(=O)NCC(=O)O. The van der Waals surface area contributed by atoms with Gasteiger partial charge in [0.1, 0.15) is 18.3 Å². The second-order valence-corrected chi connectivity index (χ2v) is 8.42. The van der Waals surface area contributed by atoms with Gasteiger partial charge in [-0.05, 0) is 36.8 Å². The summed E-state index contributed by atoms with van der Waals surface area (Å²) in [6.45, 7) is 5.08. The first-order valence-corrected chi connectivity index (χ1v) is 10.3. The zero-order valence-corrected chi connectivity index (χ0v) is 17.7. The van der Waals surface area contributed by atoms with Gasteiger partial charge in [0.25, 0.3) is 11.8 Å². The fourth-order valence-electron chi connectivity index (χ4n) is 3.03. The van der Waals surface area contributed by atoms with Crippen LogP contribution in [-0.2, 0) is 4.79 Å². The van der Waals surface area contributed by atoms with Crippen molar-refractivity contribution in [3.63, 3.8) is 0 Å². The molecule has 0 aliphatic rings. The lowest BCUT2D eigenvalue weighted by molar-refractivity contribution is -0.135. The van der Waals surface area contributed by atoms with Crippen molar-refractivity contribution in [1.29, 1.82) is 0 Å². The van der Waals surface area contributed by atoms with E-state index in [0.717, 1.165) is 10.1 Å². The van der Waals surface area contributed by atoms with Crippen LogP contribution in [0.25, 0.3) is 10.1 Å². The highest BCUT2D eigenvalue weighted by atomic mass is 32.1. The molecule has 0 fully saturated rings. The summed E-state index contributed by atoms with van der Waals surface area (Å²) in [5.74, 6) is -1.32. The second kappa shape index (κ2) is 9.08. The predicted octanol–water partition coefficient (Wildman–Crippen LogP) is 3.53. The van der Waals surface area contributed by atoms with Crippen molar-refractivity contribution in [1.82, 2.24) is 15.6 Å². The second-order valence-electron chi connectivity index (χ2n) is 7.34. The molecule has 2 heterocycles. The molecule has 2 amide bonds. The number of fused-ring (bicyclic) bond motifs is 1. The van der Waals surface area contributed by atoms with E-state index >= 15 is 0 Å². The maximum Gasteiger partial charge on any atom is 0.322 e. The van der Waals surface area contributed by atoms with Crippen molar-refractivity contribution in [2.24, 2.45) is 5.92 Å². The van der Waals surface area contributed by atoms with E-state index in [9.17, 15) is 14.4 Å². The lowest BCUT2D eigenvalue weighted by Gasteiger charge is -2.17. The van der Waals surface area contributed by atoms with Gasteiger partial charge in [0.05, 0.1) is 4.88 Å². The highest BCUT2D eigenvalue weighted by molar-refractivity contribution is 7.20. The van der Waals surface area contributed by atoms with E-state index in [4.69, 9.17) is 9.52 Å². The number of aromatic nitrogens is 1. The summed E-state index contributed by atoms with van der Waals surface area (Å²) in [4.78, 5) is 40.6. The summed E-state index contributed by atoms with van der Waals surface area (Å²) in [6.07, 6.45) is 0.562. The molecule has 158 valence electrons. The third-order valence-corrected chi connectivity index (χ3v) is 5.50. The zero-order chi connectivity index (χ0) is 21.8. The number of benzene rings is 1. The largest absolute Gasteiger partial charge is 0.480 e. The van der Waals surface area contributed by atoms with Crippen LogP contribution in [0.2, 0.25) is 0 Å². The van der Waals surface area contributed by atoms with Gasteiger partial charge in [-0.1, -0.05) is 32.0 Å². The van der Waals surface area contributed by atoms with Crippen molar-refractivity contribution in [3.8, 4) is 0 Å².